The minimum absolute atomic E-state index is 0.103. The molecule has 0 aromatic carbocycles. The van der Waals surface area contributed by atoms with Gasteiger partial charge in [0.25, 0.3) is 5.56 Å². The molecule has 2 aromatic heterocycles. The summed E-state index contributed by atoms with van der Waals surface area (Å²) in [6.45, 7) is 3.05. The van der Waals surface area contributed by atoms with Crippen LogP contribution in [0.3, 0.4) is 0 Å². The number of hydrogen-bond donors (Lipinski definition) is 3. The van der Waals surface area contributed by atoms with E-state index in [1.807, 2.05) is 0 Å². The van der Waals surface area contributed by atoms with Gasteiger partial charge < -0.3 is 4.98 Å². The summed E-state index contributed by atoms with van der Waals surface area (Å²) in [4.78, 5) is 35.4. The Balaban J connectivity index is 2.61. The number of carbonyl (C=O) groups excluding carboxylic acids is 1. The van der Waals surface area contributed by atoms with Crippen LogP contribution in [0.25, 0.3) is 11.2 Å². The van der Waals surface area contributed by atoms with Crippen molar-refractivity contribution < 1.29 is 4.79 Å². The summed E-state index contributed by atoms with van der Waals surface area (Å²) in [5.74, 6) is 0.402. The summed E-state index contributed by atoms with van der Waals surface area (Å²) < 4.78 is 0. The van der Waals surface area contributed by atoms with Crippen molar-refractivity contribution in [1.29, 1.82) is 0 Å². The number of nitrogens with one attached hydrogen (secondary N) is 3. The molecule has 15 heavy (non-hydrogen) atoms. The Kier molecular flexibility index (Phi) is 2.00. The van der Waals surface area contributed by atoms with Crippen LogP contribution in [0.5, 0.6) is 0 Å². The van der Waals surface area contributed by atoms with Crippen LogP contribution in [-0.2, 0) is 4.79 Å². The Morgan fingerprint density at radius 1 is 1.33 bits per heavy atom. The van der Waals surface area contributed by atoms with Gasteiger partial charge in [-0.3, -0.25) is 19.9 Å². The molecule has 0 radical (unpaired) electrons. The van der Waals surface area contributed by atoms with Gasteiger partial charge in [-0.25, -0.2) is 4.98 Å². The smallest absolute Gasteiger partial charge is 0.278 e. The standard InChI is InChI=1S/C8H9N5O2/c1-3-9-5-6(10-3)12-8(11-4(2)14)13-7(5)15/h1-2H3,(H3,9,10,11,12,13,14,15). The number of aryl methyl sites for hydroxylation is 1. The van der Waals surface area contributed by atoms with Crippen molar-refractivity contribution in [3.05, 3.63) is 16.2 Å². The number of imidazole rings is 1. The SMILES string of the molecule is CC(=O)Nc1nc2nc(C)[nH]c2c(=O)[nH]1. The topological polar surface area (TPSA) is 104 Å². The van der Waals surface area contributed by atoms with E-state index in [-0.39, 0.29) is 17.4 Å². The molecule has 2 heterocycles. The van der Waals surface area contributed by atoms with Gasteiger partial charge in [0.1, 0.15) is 5.82 Å². The van der Waals surface area contributed by atoms with Gasteiger partial charge in [0.05, 0.1) is 0 Å². The van der Waals surface area contributed by atoms with Crippen molar-refractivity contribution in [2.75, 3.05) is 5.32 Å². The number of hydrogen-bond acceptors (Lipinski definition) is 4. The summed E-state index contributed by atoms with van der Waals surface area (Å²) in [7, 11) is 0. The number of nitrogens with zero attached hydrogens (tertiary/aromatic N) is 2. The molecule has 2 aromatic rings. The van der Waals surface area contributed by atoms with Gasteiger partial charge in [0, 0.05) is 6.92 Å². The van der Waals surface area contributed by atoms with Gasteiger partial charge in [-0.05, 0) is 6.92 Å². The lowest BCUT2D eigenvalue weighted by Gasteiger charge is -1.98. The maximum absolute atomic E-state index is 11.5. The minimum Gasteiger partial charge on any atom is -0.336 e. The maximum atomic E-state index is 11.5. The molecule has 78 valence electrons. The van der Waals surface area contributed by atoms with Gasteiger partial charge in [0.15, 0.2) is 11.2 Å². The molecule has 0 aliphatic carbocycles. The first kappa shape index (κ1) is 9.38. The number of rotatable bonds is 1. The fourth-order valence-electron chi connectivity index (χ4n) is 1.25. The van der Waals surface area contributed by atoms with Gasteiger partial charge in [-0.1, -0.05) is 0 Å². The van der Waals surface area contributed by atoms with Crippen molar-refractivity contribution in [3.8, 4) is 0 Å². The number of anilines is 1. The number of H-pyrrole nitrogens is 2. The molecule has 2 rings (SSSR count). The zero-order valence-corrected chi connectivity index (χ0v) is 8.21. The van der Waals surface area contributed by atoms with E-state index in [0.717, 1.165) is 0 Å². The second-order valence-electron chi connectivity index (χ2n) is 3.12. The number of aromatic nitrogens is 4. The Bertz CT molecular complexity index is 582. The summed E-state index contributed by atoms with van der Waals surface area (Å²) in [6, 6.07) is 0. The molecule has 0 unspecified atom stereocenters. The third kappa shape index (κ3) is 1.71. The van der Waals surface area contributed by atoms with E-state index in [2.05, 4.69) is 25.3 Å². The fraction of sp³-hybridized carbons (Fsp3) is 0.250. The molecule has 3 N–H and O–H groups in total. The number of amides is 1. The first-order valence-electron chi connectivity index (χ1n) is 4.30. The molecule has 0 spiro atoms. The third-order valence-electron chi connectivity index (χ3n) is 1.77. The van der Waals surface area contributed by atoms with E-state index in [9.17, 15) is 9.59 Å². The summed E-state index contributed by atoms with van der Waals surface area (Å²) in [6.07, 6.45) is 0. The molecule has 0 atom stereocenters. The normalized spacial score (nSPS) is 10.5. The molecule has 7 heteroatoms. The molecule has 0 saturated heterocycles. The summed E-state index contributed by atoms with van der Waals surface area (Å²) in [5, 5.41) is 2.39. The largest absolute Gasteiger partial charge is 0.336 e. The summed E-state index contributed by atoms with van der Waals surface area (Å²) >= 11 is 0. The van der Waals surface area contributed by atoms with Crippen LogP contribution < -0.4 is 10.9 Å². The predicted molar refractivity (Wildman–Crippen MR) is 53.6 cm³/mol. The zero-order valence-electron chi connectivity index (χ0n) is 8.21. The van der Waals surface area contributed by atoms with Gasteiger partial charge in [0.2, 0.25) is 11.9 Å². The molecular weight excluding hydrogens is 198 g/mol. The van der Waals surface area contributed by atoms with Crippen LogP contribution in [-0.4, -0.2) is 25.8 Å². The Labute approximate surface area is 83.9 Å². The lowest BCUT2D eigenvalue weighted by Crippen LogP contribution is -2.15. The fourth-order valence-corrected chi connectivity index (χ4v) is 1.25. The van der Waals surface area contributed by atoms with Crippen LogP contribution in [0.15, 0.2) is 4.79 Å². The molecular formula is C8H9N5O2. The molecule has 0 aliphatic rings. The molecule has 0 fully saturated rings. The van der Waals surface area contributed by atoms with Gasteiger partial charge in [-0.2, -0.15) is 4.98 Å². The van der Waals surface area contributed by atoms with Crippen LogP contribution in [0.1, 0.15) is 12.7 Å². The van der Waals surface area contributed by atoms with Crippen molar-refractivity contribution in [2.24, 2.45) is 0 Å². The van der Waals surface area contributed by atoms with Gasteiger partial charge in [-0.15, -0.1) is 0 Å². The van der Waals surface area contributed by atoms with Crippen LogP contribution in [0, 0.1) is 6.92 Å². The van der Waals surface area contributed by atoms with Crippen molar-refractivity contribution >= 4 is 23.0 Å². The highest BCUT2D eigenvalue weighted by Gasteiger charge is 2.07. The highest BCUT2D eigenvalue weighted by molar-refractivity contribution is 5.87. The average Bonchev–Trinajstić information content (AvgIpc) is 2.44. The Morgan fingerprint density at radius 2 is 2.07 bits per heavy atom. The molecule has 0 bridgehead atoms. The van der Waals surface area contributed by atoms with Crippen molar-refractivity contribution in [2.45, 2.75) is 13.8 Å². The van der Waals surface area contributed by atoms with E-state index < -0.39 is 0 Å². The third-order valence-corrected chi connectivity index (χ3v) is 1.77. The van der Waals surface area contributed by atoms with Crippen LogP contribution >= 0.6 is 0 Å². The quantitative estimate of drug-likeness (QED) is 0.608. The molecule has 1 amide bonds. The average molecular weight is 207 g/mol. The van der Waals surface area contributed by atoms with E-state index in [4.69, 9.17) is 0 Å². The number of carbonyl (C=O) groups is 1. The predicted octanol–water partition coefficient (Wildman–Crippen LogP) is -0.0870. The van der Waals surface area contributed by atoms with E-state index in [1.54, 1.807) is 6.92 Å². The van der Waals surface area contributed by atoms with Gasteiger partial charge >= 0.3 is 0 Å². The number of fused-ring (bicyclic) bond motifs is 1. The lowest BCUT2D eigenvalue weighted by molar-refractivity contribution is -0.114. The maximum Gasteiger partial charge on any atom is 0.278 e. The monoisotopic (exact) mass is 207 g/mol. The zero-order chi connectivity index (χ0) is 11.0. The molecule has 0 saturated carbocycles. The molecule has 7 nitrogen and oxygen atoms in total. The van der Waals surface area contributed by atoms with Crippen molar-refractivity contribution in [3.63, 3.8) is 0 Å². The van der Waals surface area contributed by atoms with E-state index in [1.165, 1.54) is 6.92 Å². The first-order chi connectivity index (χ1) is 7.06. The molecule has 0 aliphatic heterocycles. The van der Waals surface area contributed by atoms with E-state index in [0.29, 0.717) is 17.0 Å². The van der Waals surface area contributed by atoms with Crippen LogP contribution in [0.4, 0.5) is 5.95 Å². The second kappa shape index (κ2) is 3.19. The Morgan fingerprint density at radius 3 is 2.73 bits per heavy atom. The highest BCUT2D eigenvalue weighted by atomic mass is 16.1. The Hall–Kier alpha value is -2.18. The van der Waals surface area contributed by atoms with Crippen molar-refractivity contribution in [1.82, 2.24) is 19.9 Å². The van der Waals surface area contributed by atoms with E-state index >= 15 is 0 Å². The number of aromatic amines is 2. The minimum atomic E-state index is -0.357. The summed E-state index contributed by atoms with van der Waals surface area (Å²) in [5.41, 5.74) is 0.242. The lowest BCUT2D eigenvalue weighted by atomic mass is 10.5. The first-order valence-corrected chi connectivity index (χ1v) is 4.30. The highest BCUT2D eigenvalue weighted by Crippen LogP contribution is 2.05. The second-order valence-corrected chi connectivity index (χ2v) is 3.12. The van der Waals surface area contributed by atoms with Crippen LogP contribution in [0.2, 0.25) is 0 Å².